The molecule has 3 rings (SSSR count). The number of amides is 1. The van der Waals surface area contributed by atoms with Crippen LogP contribution in [0.25, 0.3) is 0 Å². The number of benzene rings is 1. The van der Waals surface area contributed by atoms with Gasteiger partial charge in [0.1, 0.15) is 5.75 Å². The molecule has 2 aromatic rings. The lowest BCUT2D eigenvalue weighted by Gasteiger charge is -2.37. The molecule has 1 saturated heterocycles. The fraction of sp³-hybridized carbons (Fsp3) is 0.368. The number of ether oxygens (including phenoxy) is 1. The minimum atomic E-state index is -0.0748. The summed E-state index contributed by atoms with van der Waals surface area (Å²) < 4.78 is 5.46. The number of piperazine rings is 1. The summed E-state index contributed by atoms with van der Waals surface area (Å²) in [5.41, 5.74) is 0.995. The zero-order chi connectivity index (χ0) is 17.6. The average molecular weight is 358 g/mol. The van der Waals surface area contributed by atoms with Crippen molar-refractivity contribution >= 4 is 23.0 Å². The molecular weight excluding hydrogens is 336 g/mol. The van der Waals surface area contributed by atoms with Gasteiger partial charge in [-0.1, -0.05) is 24.3 Å². The number of Topliss-reactive ketones (excluding diaryl/α,β-unsaturated/α-hetero) is 1. The summed E-state index contributed by atoms with van der Waals surface area (Å²) in [6, 6.07) is 11.4. The maximum atomic E-state index is 12.8. The first-order valence-electron chi connectivity index (χ1n) is 8.40. The van der Waals surface area contributed by atoms with Gasteiger partial charge in [0.15, 0.2) is 5.78 Å². The maximum absolute atomic E-state index is 12.8. The van der Waals surface area contributed by atoms with E-state index in [2.05, 4.69) is 5.32 Å². The molecule has 1 aliphatic rings. The van der Waals surface area contributed by atoms with Crippen LogP contribution in [0.2, 0.25) is 0 Å². The Kier molecular flexibility index (Phi) is 5.83. The average Bonchev–Trinajstić information content (AvgIpc) is 3.20. The standard InChI is InChI=1S/C19H22N2O3S/c1-24-17-6-3-2-5-14(17)15-13-20-10-11-21(15)19(23)9-8-16(22)18-7-4-12-25-18/h2-7,12,15,20H,8-11,13H2,1H3. The van der Waals surface area contributed by atoms with Crippen molar-refractivity contribution in [3.05, 3.63) is 52.2 Å². The van der Waals surface area contributed by atoms with Crippen LogP contribution in [0.5, 0.6) is 5.75 Å². The van der Waals surface area contributed by atoms with Crippen LogP contribution < -0.4 is 10.1 Å². The maximum Gasteiger partial charge on any atom is 0.223 e. The third kappa shape index (κ3) is 4.08. The summed E-state index contributed by atoms with van der Waals surface area (Å²) in [5.74, 6) is 0.832. The number of para-hydroxylation sites is 1. The fourth-order valence-electron chi connectivity index (χ4n) is 3.15. The van der Waals surface area contributed by atoms with Gasteiger partial charge >= 0.3 is 0 Å². The largest absolute Gasteiger partial charge is 0.496 e. The second kappa shape index (κ2) is 8.27. The van der Waals surface area contributed by atoms with E-state index in [-0.39, 0.29) is 30.6 Å². The van der Waals surface area contributed by atoms with E-state index in [0.717, 1.165) is 22.7 Å². The van der Waals surface area contributed by atoms with Crippen molar-refractivity contribution in [3.8, 4) is 5.75 Å². The van der Waals surface area contributed by atoms with Crippen molar-refractivity contribution in [1.29, 1.82) is 0 Å². The summed E-state index contributed by atoms with van der Waals surface area (Å²) in [4.78, 5) is 27.5. The minimum Gasteiger partial charge on any atom is -0.496 e. The molecule has 1 aromatic carbocycles. The van der Waals surface area contributed by atoms with Crippen LogP contribution in [-0.2, 0) is 4.79 Å². The summed E-state index contributed by atoms with van der Waals surface area (Å²) >= 11 is 1.42. The van der Waals surface area contributed by atoms with Gasteiger partial charge in [-0.3, -0.25) is 9.59 Å². The van der Waals surface area contributed by atoms with E-state index in [1.807, 2.05) is 40.6 Å². The molecule has 6 heteroatoms. The zero-order valence-corrected chi connectivity index (χ0v) is 15.1. The number of thiophene rings is 1. The molecule has 1 aliphatic heterocycles. The van der Waals surface area contributed by atoms with Gasteiger partial charge in [-0.05, 0) is 17.5 Å². The van der Waals surface area contributed by atoms with Gasteiger partial charge < -0.3 is 15.0 Å². The lowest BCUT2D eigenvalue weighted by molar-refractivity contribution is -0.134. The van der Waals surface area contributed by atoms with Crippen molar-refractivity contribution in [1.82, 2.24) is 10.2 Å². The Morgan fingerprint density at radius 1 is 1.24 bits per heavy atom. The topological polar surface area (TPSA) is 58.6 Å². The number of nitrogens with zero attached hydrogens (tertiary/aromatic N) is 1. The predicted molar refractivity (Wildman–Crippen MR) is 98.2 cm³/mol. The van der Waals surface area contributed by atoms with Crippen molar-refractivity contribution < 1.29 is 14.3 Å². The highest BCUT2D eigenvalue weighted by molar-refractivity contribution is 7.12. The van der Waals surface area contributed by atoms with E-state index in [1.165, 1.54) is 11.3 Å². The summed E-state index contributed by atoms with van der Waals surface area (Å²) in [7, 11) is 1.64. The normalized spacial score (nSPS) is 17.3. The van der Waals surface area contributed by atoms with Gasteiger partial charge in [-0.25, -0.2) is 0 Å². The number of hydrogen-bond donors (Lipinski definition) is 1. The number of rotatable bonds is 6. The van der Waals surface area contributed by atoms with Crippen molar-refractivity contribution in [2.45, 2.75) is 18.9 Å². The molecule has 1 aromatic heterocycles. The van der Waals surface area contributed by atoms with Crippen LogP contribution in [-0.4, -0.2) is 43.3 Å². The molecule has 25 heavy (non-hydrogen) atoms. The molecule has 1 unspecified atom stereocenters. The Morgan fingerprint density at radius 3 is 2.84 bits per heavy atom. The second-order valence-electron chi connectivity index (χ2n) is 5.95. The van der Waals surface area contributed by atoms with Crippen LogP contribution in [0.4, 0.5) is 0 Å². The van der Waals surface area contributed by atoms with Crippen molar-refractivity contribution in [3.63, 3.8) is 0 Å². The summed E-state index contributed by atoms with van der Waals surface area (Å²) in [5, 5.41) is 5.22. The van der Waals surface area contributed by atoms with E-state index >= 15 is 0 Å². The van der Waals surface area contributed by atoms with E-state index < -0.39 is 0 Å². The van der Waals surface area contributed by atoms with Crippen LogP contribution in [0.1, 0.15) is 34.1 Å². The van der Waals surface area contributed by atoms with Gasteiger partial charge in [0, 0.05) is 38.0 Å². The molecule has 2 heterocycles. The Balaban J connectivity index is 1.70. The highest BCUT2D eigenvalue weighted by Crippen LogP contribution is 2.30. The van der Waals surface area contributed by atoms with E-state index in [1.54, 1.807) is 13.2 Å². The Labute approximate surface area is 151 Å². The number of carbonyl (C=O) groups is 2. The molecule has 0 saturated carbocycles. The number of ketones is 1. The van der Waals surface area contributed by atoms with Gasteiger partial charge in [-0.2, -0.15) is 0 Å². The molecule has 1 fully saturated rings. The molecule has 1 amide bonds. The highest BCUT2D eigenvalue weighted by atomic mass is 32.1. The minimum absolute atomic E-state index is 0.0160. The second-order valence-corrected chi connectivity index (χ2v) is 6.90. The number of carbonyl (C=O) groups excluding carboxylic acids is 2. The lowest BCUT2D eigenvalue weighted by Crippen LogP contribution is -2.48. The fourth-order valence-corrected chi connectivity index (χ4v) is 3.84. The molecule has 0 bridgehead atoms. The molecule has 0 aliphatic carbocycles. The van der Waals surface area contributed by atoms with Crippen LogP contribution >= 0.6 is 11.3 Å². The lowest BCUT2D eigenvalue weighted by atomic mass is 10.0. The molecular formula is C19H22N2O3S. The van der Waals surface area contributed by atoms with Gasteiger partial charge in [-0.15, -0.1) is 11.3 Å². The number of hydrogen-bond acceptors (Lipinski definition) is 5. The van der Waals surface area contributed by atoms with E-state index in [4.69, 9.17) is 4.74 Å². The first-order valence-corrected chi connectivity index (χ1v) is 9.28. The zero-order valence-electron chi connectivity index (χ0n) is 14.2. The van der Waals surface area contributed by atoms with Crippen LogP contribution in [0.15, 0.2) is 41.8 Å². The van der Waals surface area contributed by atoms with E-state index in [9.17, 15) is 9.59 Å². The molecule has 132 valence electrons. The van der Waals surface area contributed by atoms with Crippen molar-refractivity contribution in [2.24, 2.45) is 0 Å². The van der Waals surface area contributed by atoms with Gasteiger partial charge in [0.25, 0.3) is 0 Å². The molecule has 1 N–H and O–H groups in total. The van der Waals surface area contributed by atoms with Gasteiger partial charge in [0.2, 0.25) is 5.91 Å². The Hall–Kier alpha value is -2.18. The molecule has 0 radical (unpaired) electrons. The molecule has 0 spiro atoms. The first kappa shape index (κ1) is 17.6. The SMILES string of the molecule is COc1ccccc1C1CNCCN1C(=O)CCC(=O)c1cccs1. The first-order chi connectivity index (χ1) is 12.2. The van der Waals surface area contributed by atoms with Gasteiger partial charge in [0.05, 0.1) is 18.0 Å². The Morgan fingerprint density at radius 2 is 2.08 bits per heavy atom. The smallest absolute Gasteiger partial charge is 0.223 e. The Bertz CT molecular complexity index is 730. The number of nitrogens with one attached hydrogen (secondary N) is 1. The summed E-state index contributed by atoms with van der Waals surface area (Å²) in [6.07, 6.45) is 0.490. The molecule has 1 atom stereocenters. The predicted octanol–water partition coefficient (Wildman–Crippen LogP) is 2.89. The third-order valence-electron chi connectivity index (χ3n) is 4.42. The van der Waals surface area contributed by atoms with Crippen LogP contribution in [0.3, 0.4) is 0 Å². The number of methoxy groups -OCH3 is 1. The van der Waals surface area contributed by atoms with Crippen LogP contribution in [0, 0.1) is 0 Å². The third-order valence-corrected chi connectivity index (χ3v) is 5.33. The quantitative estimate of drug-likeness (QED) is 0.807. The highest BCUT2D eigenvalue weighted by Gasteiger charge is 2.29. The van der Waals surface area contributed by atoms with Crippen molar-refractivity contribution in [2.75, 3.05) is 26.7 Å². The summed E-state index contributed by atoms with van der Waals surface area (Å²) in [6.45, 7) is 2.08. The monoisotopic (exact) mass is 358 g/mol. The molecule has 5 nitrogen and oxygen atoms in total. The van der Waals surface area contributed by atoms with E-state index in [0.29, 0.717) is 13.1 Å².